The molecule has 3 aromatic rings. The predicted octanol–water partition coefficient (Wildman–Crippen LogP) is 5.10. The summed E-state index contributed by atoms with van der Waals surface area (Å²) >= 11 is 0. The lowest BCUT2D eigenvalue weighted by Gasteiger charge is -2.11. The number of nitrogens with zero attached hydrogens (tertiary/aromatic N) is 3. The standard InChI is InChI=1S/C20H19F2N3/c1-4-25(3)12-23-19-10-14-6-5-7-18(20(14)24-13(19)2)15-8-16(21)11-17(22)9-15/h5-12H,4H2,1-3H3. The van der Waals surface area contributed by atoms with Gasteiger partial charge in [0, 0.05) is 30.6 Å². The van der Waals surface area contributed by atoms with E-state index in [1.165, 1.54) is 12.1 Å². The highest BCUT2D eigenvalue weighted by Gasteiger charge is 2.10. The van der Waals surface area contributed by atoms with E-state index in [4.69, 9.17) is 0 Å². The number of aromatic nitrogens is 1. The monoisotopic (exact) mass is 339 g/mol. The van der Waals surface area contributed by atoms with Crippen LogP contribution in [0.3, 0.4) is 0 Å². The fourth-order valence-electron chi connectivity index (χ4n) is 2.59. The molecule has 0 spiro atoms. The second kappa shape index (κ2) is 6.97. The van der Waals surface area contributed by atoms with Gasteiger partial charge in [-0.3, -0.25) is 4.98 Å². The molecule has 1 heterocycles. The second-order valence-electron chi connectivity index (χ2n) is 5.95. The Kier molecular flexibility index (Phi) is 4.74. The molecule has 0 amide bonds. The van der Waals surface area contributed by atoms with Crippen molar-refractivity contribution in [1.29, 1.82) is 0 Å². The molecular formula is C20H19F2N3. The zero-order valence-electron chi connectivity index (χ0n) is 14.4. The van der Waals surface area contributed by atoms with Gasteiger partial charge in [-0.15, -0.1) is 0 Å². The predicted molar refractivity (Wildman–Crippen MR) is 98.3 cm³/mol. The van der Waals surface area contributed by atoms with Crippen LogP contribution in [0.1, 0.15) is 12.6 Å². The SMILES string of the molecule is CCN(C)C=Nc1cc2cccc(-c3cc(F)cc(F)c3)c2nc1C. The third-order valence-corrected chi connectivity index (χ3v) is 4.08. The fourth-order valence-corrected chi connectivity index (χ4v) is 2.59. The molecular weight excluding hydrogens is 320 g/mol. The first-order valence-corrected chi connectivity index (χ1v) is 8.09. The van der Waals surface area contributed by atoms with Crippen molar-refractivity contribution >= 4 is 22.9 Å². The van der Waals surface area contributed by atoms with E-state index in [0.29, 0.717) is 16.6 Å². The molecule has 2 aromatic carbocycles. The minimum Gasteiger partial charge on any atom is -0.366 e. The lowest BCUT2D eigenvalue weighted by molar-refractivity contribution is 0.552. The number of fused-ring (bicyclic) bond motifs is 1. The summed E-state index contributed by atoms with van der Waals surface area (Å²) in [5, 5.41) is 0.874. The minimum atomic E-state index is -0.604. The molecule has 128 valence electrons. The van der Waals surface area contributed by atoms with Gasteiger partial charge in [-0.05, 0) is 37.6 Å². The molecule has 0 aliphatic carbocycles. The van der Waals surface area contributed by atoms with E-state index in [1.807, 2.05) is 50.1 Å². The van der Waals surface area contributed by atoms with Crippen LogP contribution < -0.4 is 0 Å². The van der Waals surface area contributed by atoms with Crippen molar-refractivity contribution in [3.05, 3.63) is 59.8 Å². The van der Waals surface area contributed by atoms with E-state index in [9.17, 15) is 8.78 Å². The van der Waals surface area contributed by atoms with E-state index in [0.717, 1.165) is 29.4 Å². The van der Waals surface area contributed by atoms with Crippen LogP contribution >= 0.6 is 0 Å². The molecule has 0 unspecified atom stereocenters. The maximum Gasteiger partial charge on any atom is 0.126 e. The van der Waals surface area contributed by atoms with Crippen LogP contribution in [-0.4, -0.2) is 29.8 Å². The van der Waals surface area contributed by atoms with Gasteiger partial charge < -0.3 is 4.90 Å². The van der Waals surface area contributed by atoms with Gasteiger partial charge in [0.25, 0.3) is 0 Å². The molecule has 0 bridgehead atoms. The molecule has 25 heavy (non-hydrogen) atoms. The van der Waals surface area contributed by atoms with Gasteiger partial charge in [0.05, 0.1) is 23.2 Å². The van der Waals surface area contributed by atoms with Gasteiger partial charge in [0.2, 0.25) is 0 Å². The quantitative estimate of drug-likeness (QED) is 0.489. The van der Waals surface area contributed by atoms with Gasteiger partial charge in [-0.2, -0.15) is 0 Å². The van der Waals surface area contributed by atoms with Crippen LogP contribution in [0.15, 0.2) is 47.5 Å². The van der Waals surface area contributed by atoms with Gasteiger partial charge in [-0.25, -0.2) is 13.8 Å². The fraction of sp³-hybridized carbons (Fsp3) is 0.200. The highest BCUT2D eigenvalue weighted by atomic mass is 19.1. The van der Waals surface area contributed by atoms with Crippen molar-refractivity contribution in [2.45, 2.75) is 13.8 Å². The molecule has 0 fully saturated rings. The summed E-state index contributed by atoms with van der Waals surface area (Å²) in [6, 6.07) is 11.0. The summed E-state index contributed by atoms with van der Waals surface area (Å²) in [5.41, 5.74) is 3.40. The zero-order valence-corrected chi connectivity index (χ0v) is 14.4. The Morgan fingerprint density at radius 1 is 1.12 bits per heavy atom. The average molecular weight is 339 g/mol. The van der Waals surface area contributed by atoms with Gasteiger partial charge in [-0.1, -0.05) is 18.2 Å². The highest BCUT2D eigenvalue weighted by Crippen LogP contribution is 2.31. The maximum absolute atomic E-state index is 13.6. The largest absolute Gasteiger partial charge is 0.366 e. The number of aryl methyl sites for hydroxylation is 1. The second-order valence-corrected chi connectivity index (χ2v) is 5.95. The van der Waals surface area contributed by atoms with E-state index >= 15 is 0 Å². The van der Waals surface area contributed by atoms with Crippen molar-refractivity contribution in [1.82, 2.24) is 9.88 Å². The number of aliphatic imine (C=N–C) groups is 1. The summed E-state index contributed by atoms with van der Waals surface area (Å²) in [4.78, 5) is 11.1. The van der Waals surface area contributed by atoms with Crippen LogP contribution in [0.2, 0.25) is 0 Å². The van der Waals surface area contributed by atoms with E-state index in [-0.39, 0.29) is 0 Å². The smallest absolute Gasteiger partial charge is 0.126 e. The molecule has 0 saturated carbocycles. The van der Waals surface area contributed by atoms with Crippen LogP contribution in [0.5, 0.6) is 0 Å². The van der Waals surface area contributed by atoms with Crippen LogP contribution in [0.4, 0.5) is 14.5 Å². The first kappa shape index (κ1) is 17.0. The number of para-hydroxylation sites is 1. The number of benzene rings is 2. The van der Waals surface area contributed by atoms with Gasteiger partial charge in [0.1, 0.15) is 11.6 Å². The van der Waals surface area contributed by atoms with Crippen molar-refractivity contribution in [2.24, 2.45) is 4.99 Å². The molecule has 3 rings (SSSR count). The van der Waals surface area contributed by atoms with Crippen molar-refractivity contribution in [3.8, 4) is 11.1 Å². The summed E-state index contributed by atoms with van der Waals surface area (Å²) in [5.74, 6) is -1.21. The molecule has 3 nitrogen and oxygen atoms in total. The Labute approximate surface area is 145 Å². The highest BCUT2D eigenvalue weighted by molar-refractivity contribution is 5.95. The van der Waals surface area contributed by atoms with Crippen molar-refractivity contribution < 1.29 is 8.78 Å². The summed E-state index contributed by atoms with van der Waals surface area (Å²) < 4.78 is 27.2. The Hall–Kier alpha value is -2.82. The normalized spacial score (nSPS) is 11.4. The number of hydrogen-bond acceptors (Lipinski definition) is 2. The average Bonchev–Trinajstić information content (AvgIpc) is 2.58. The molecule has 1 aromatic heterocycles. The zero-order chi connectivity index (χ0) is 18.0. The van der Waals surface area contributed by atoms with E-state index in [2.05, 4.69) is 9.98 Å². The topological polar surface area (TPSA) is 28.5 Å². The summed E-state index contributed by atoms with van der Waals surface area (Å²) in [7, 11) is 1.95. The molecule has 0 atom stereocenters. The molecule has 0 aliphatic rings. The Morgan fingerprint density at radius 2 is 1.84 bits per heavy atom. The third kappa shape index (κ3) is 3.65. The molecule has 0 radical (unpaired) electrons. The maximum atomic E-state index is 13.6. The molecule has 0 N–H and O–H groups in total. The van der Waals surface area contributed by atoms with Gasteiger partial charge >= 0.3 is 0 Å². The molecule has 0 saturated heterocycles. The number of rotatable bonds is 4. The van der Waals surface area contributed by atoms with Crippen molar-refractivity contribution in [3.63, 3.8) is 0 Å². The van der Waals surface area contributed by atoms with Crippen LogP contribution in [0, 0.1) is 18.6 Å². The first-order valence-electron chi connectivity index (χ1n) is 8.09. The summed E-state index contributed by atoms with van der Waals surface area (Å²) in [6.45, 7) is 4.78. The number of halogens is 2. The minimum absolute atomic E-state index is 0.469. The Morgan fingerprint density at radius 3 is 2.52 bits per heavy atom. The lowest BCUT2D eigenvalue weighted by atomic mass is 10.0. The Bertz CT molecular complexity index is 931. The van der Waals surface area contributed by atoms with Crippen LogP contribution in [0.25, 0.3) is 22.0 Å². The van der Waals surface area contributed by atoms with Crippen LogP contribution in [-0.2, 0) is 0 Å². The van der Waals surface area contributed by atoms with Gasteiger partial charge in [0.15, 0.2) is 0 Å². The molecule has 5 heteroatoms. The Balaban J connectivity index is 2.14. The first-order chi connectivity index (χ1) is 12.0. The molecule has 0 aliphatic heterocycles. The van der Waals surface area contributed by atoms with E-state index in [1.54, 1.807) is 6.34 Å². The number of hydrogen-bond donors (Lipinski definition) is 0. The van der Waals surface area contributed by atoms with Crippen molar-refractivity contribution in [2.75, 3.05) is 13.6 Å². The van der Waals surface area contributed by atoms with E-state index < -0.39 is 11.6 Å². The lowest BCUT2D eigenvalue weighted by Crippen LogP contribution is -2.14. The number of pyridine rings is 1. The summed E-state index contributed by atoms with van der Waals surface area (Å²) in [6.07, 6.45) is 1.77. The third-order valence-electron chi connectivity index (χ3n) is 4.08.